The van der Waals surface area contributed by atoms with Crippen LogP contribution in [0.2, 0.25) is 0 Å². The van der Waals surface area contributed by atoms with E-state index in [0.717, 1.165) is 0 Å². The highest BCUT2D eigenvalue weighted by molar-refractivity contribution is 5.89. The molecule has 0 bridgehead atoms. The van der Waals surface area contributed by atoms with Crippen LogP contribution < -0.4 is 5.32 Å². The van der Waals surface area contributed by atoms with Crippen LogP contribution in [0.15, 0.2) is 30.7 Å². The Morgan fingerprint density at radius 3 is 2.86 bits per heavy atom. The van der Waals surface area contributed by atoms with Gasteiger partial charge >= 0.3 is 6.03 Å². The smallest absolute Gasteiger partial charge is 0.291 e. The van der Waals surface area contributed by atoms with Crippen molar-refractivity contribution in [1.29, 1.82) is 0 Å². The monoisotopic (exact) mass is 191 g/mol. The summed E-state index contributed by atoms with van der Waals surface area (Å²) in [4.78, 5) is 11.5. The van der Waals surface area contributed by atoms with Crippen LogP contribution in [0.3, 0.4) is 0 Å². The summed E-state index contributed by atoms with van der Waals surface area (Å²) in [5.41, 5.74) is 0. The second kappa shape index (κ2) is 3.33. The Hall–Kier alpha value is -2.11. The van der Waals surface area contributed by atoms with Gasteiger partial charge in [0.05, 0.1) is 6.20 Å². The molecule has 0 aliphatic heterocycles. The Kier molecular flexibility index (Phi) is 2.02. The number of carbonyl (C=O) groups excluding carboxylic acids is 1. The molecule has 0 radical (unpaired) electrons. The van der Waals surface area contributed by atoms with Gasteiger partial charge in [-0.3, -0.25) is 10.00 Å². The van der Waals surface area contributed by atoms with Crippen LogP contribution in [0.4, 0.5) is 10.6 Å². The summed E-state index contributed by atoms with van der Waals surface area (Å²) in [7, 11) is 1.75. The molecule has 2 rings (SSSR count). The first kappa shape index (κ1) is 8.49. The Morgan fingerprint density at radius 2 is 2.29 bits per heavy atom. The van der Waals surface area contributed by atoms with Gasteiger partial charge in [-0.15, -0.1) is 0 Å². The Balaban J connectivity index is 2.13. The fourth-order valence-corrected chi connectivity index (χ4v) is 1.05. The maximum Gasteiger partial charge on any atom is 0.347 e. The lowest BCUT2D eigenvalue weighted by Gasteiger charge is -2.03. The highest BCUT2D eigenvalue weighted by Gasteiger charge is 2.06. The van der Waals surface area contributed by atoms with Crippen LogP contribution in [0.5, 0.6) is 0 Å². The van der Waals surface area contributed by atoms with Crippen molar-refractivity contribution in [1.82, 2.24) is 19.6 Å². The molecule has 0 aliphatic carbocycles. The lowest BCUT2D eigenvalue weighted by atomic mass is 10.6. The molecule has 1 amide bonds. The Labute approximate surface area is 80.1 Å². The molecule has 0 aromatic carbocycles. The molecule has 6 nitrogen and oxygen atoms in total. The van der Waals surface area contributed by atoms with Crippen molar-refractivity contribution in [3.8, 4) is 0 Å². The highest BCUT2D eigenvalue weighted by Crippen LogP contribution is 2.03. The van der Waals surface area contributed by atoms with Crippen molar-refractivity contribution in [2.75, 3.05) is 5.32 Å². The molecule has 0 spiro atoms. The van der Waals surface area contributed by atoms with Crippen LogP contribution in [0, 0.1) is 0 Å². The van der Waals surface area contributed by atoms with Crippen LogP contribution in [0.25, 0.3) is 0 Å². The summed E-state index contributed by atoms with van der Waals surface area (Å²) in [6.07, 6.45) is 4.73. The molecule has 2 aromatic rings. The quantitative estimate of drug-likeness (QED) is 0.721. The zero-order valence-corrected chi connectivity index (χ0v) is 7.58. The predicted octanol–water partition coefficient (Wildman–Crippen LogP) is 0.697. The molecule has 0 saturated carbocycles. The van der Waals surface area contributed by atoms with Crippen LogP contribution in [-0.4, -0.2) is 25.6 Å². The number of hydrogen-bond donors (Lipinski definition) is 1. The van der Waals surface area contributed by atoms with Crippen LogP contribution in [-0.2, 0) is 7.05 Å². The largest absolute Gasteiger partial charge is 0.347 e. The van der Waals surface area contributed by atoms with E-state index in [9.17, 15) is 4.79 Å². The van der Waals surface area contributed by atoms with E-state index in [1.165, 1.54) is 4.68 Å². The van der Waals surface area contributed by atoms with E-state index in [-0.39, 0.29) is 6.03 Å². The molecular weight excluding hydrogens is 182 g/mol. The molecule has 1 N–H and O–H groups in total. The van der Waals surface area contributed by atoms with Gasteiger partial charge in [-0.05, 0) is 6.07 Å². The predicted molar refractivity (Wildman–Crippen MR) is 49.9 cm³/mol. The van der Waals surface area contributed by atoms with Crippen molar-refractivity contribution in [2.24, 2.45) is 7.05 Å². The summed E-state index contributed by atoms with van der Waals surface area (Å²) in [5.74, 6) is 0.630. The SMILES string of the molecule is Cn1nccc1NC(=O)n1cccn1. The van der Waals surface area contributed by atoms with E-state index in [1.54, 1.807) is 42.5 Å². The fourth-order valence-electron chi connectivity index (χ4n) is 1.05. The third kappa shape index (κ3) is 1.49. The first-order valence-electron chi connectivity index (χ1n) is 4.06. The van der Waals surface area contributed by atoms with Crippen molar-refractivity contribution < 1.29 is 4.79 Å². The van der Waals surface area contributed by atoms with E-state index in [0.29, 0.717) is 5.82 Å². The van der Waals surface area contributed by atoms with Crippen molar-refractivity contribution in [2.45, 2.75) is 0 Å². The molecule has 2 aromatic heterocycles. The number of carbonyl (C=O) groups is 1. The Morgan fingerprint density at radius 1 is 1.43 bits per heavy atom. The first-order valence-corrected chi connectivity index (χ1v) is 4.06. The topological polar surface area (TPSA) is 64.7 Å². The number of rotatable bonds is 1. The average Bonchev–Trinajstić information content (AvgIpc) is 2.77. The summed E-state index contributed by atoms with van der Waals surface area (Å²) < 4.78 is 2.79. The summed E-state index contributed by atoms with van der Waals surface area (Å²) >= 11 is 0. The lowest BCUT2D eigenvalue weighted by molar-refractivity contribution is 0.250. The second-order valence-electron chi connectivity index (χ2n) is 2.72. The zero-order chi connectivity index (χ0) is 9.97. The van der Waals surface area contributed by atoms with E-state index >= 15 is 0 Å². The fraction of sp³-hybridized carbons (Fsp3) is 0.125. The molecule has 2 heterocycles. The highest BCUT2D eigenvalue weighted by atomic mass is 16.2. The van der Waals surface area contributed by atoms with Crippen LogP contribution >= 0.6 is 0 Å². The molecule has 14 heavy (non-hydrogen) atoms. The first-order chi connectivity index (χ1) is 6.77. The number of anilines is 1. The molecule has 6 heteroatoms. The van der Waals surface area contributed by atoms with Crippen molar-refractivity contribution >= 4 is 11.8 Å². The average molecular weight is 191 g/mol. The van der Waals surface area contributed by atoms with Gasteiger partial charge in [0.1, 0.15) is 5.82 Å². The van der Waals surface area contributed by atoms with Gasteiger partial charge in [0.2, 0.25) is 0 Å². The third-order valence-corrected chi connectivity index (χ3v) is 1.77. The molecule has 0 unspecified atom stereocenters. The normalized spacial score (nSPS) is 10.1. The van der Waals surface area contributed by atoms with Crippen molar-refractivity contribution in [3.05, 3.63) is 30.7 Å². The number of nitrogens with one attached hydrogen (secondary N) is 1. The van der Waals surface area contributed by atoms with Gasteiger partial charge in [-0.2, -0.15) is 14.9 Å². The van der Waals surface area contributed by atoms with E-state index in [1.807, 2.05) is 0 Å². The molecular formula is C8H9N5O. The minimum Gasteiger partial charge on any atom is -0.291 e. The standard InChI is InChI=1S/C8H9N5O/c1-12-7(3-5-9-12)11-8(14)13-6-2-4-10-13/h2-6H,1H3,(H,11,14). The molecule has 0 aliphatic rings. The van der Waals surface area contributed by atoms with Gasteiger partial charge in [0, 0.05) is 25.5 Å². The minimum atomic E-state index is -0.307. The van der Waals surface area contributed by atoms with Gasteiger partial charge in [0.25, 0.3) is 0 Å². The zero-order valence-electron chi connectivity index (χ0n) is 7.58. The lowest BCUT2D eigenvalue weighted by Crippen LogP contribution is -2.21. The number of hydrogen-bond acceptors (Lipinski definition) is 3. The van der Waals surface area contributed by atoms with Crippen LogP contribution in [0.1, 0.15) is 0 Å². The van der Waals surface area contributed by atoms with Gasteiger partial charge < -0.3 is 0 Å². The molecule has 0 atom stereocenters. The summed E-state index contributed by atoms with van der Waals surface area (Å²) in [5, 5.41) is 10.4. The van der Waals surface area contributed by atoms with E-state index in [4.69, 9.17) is 0 Å². The van der Waals surface area contributed by atoms with Crippen molar-refractivity contribution in [3.63, 3.8) is 0 Å². The van der Waals surface area contributed by atoms with Gasteiger partial charge in [-0.1, -0.05) is 0 Å². The summed E-state index contributed by atoms with van der Waals surface area (Å²) in [6.45, 7) is 0. The van der Waals surface area contributed by atoms with Gasteiger partial charge in [0.15, 0.2) is 0 Å². The van der Waals surface area contributed by atoms with Gasteiger partial charge in [-0.25, -0.2) is 4.79 Å². The second-order valence-corrected chi connectivity index (χ2v) is 2.72. The number of aryl methyl sites for hydroxylation is 1. The van der Waals surface area contributed by atoms with E-state index < -0.39 is 0 Å². The maximum absolute atomic E-state index is 11.5. The van der Waals surface area contributed by atoms with E-state index in [2.05, 4.69) is 15.5 Å². The third-order valence-electron chi connectivity index (χ3n) is 1.77. The molecule has 0 fully saturated rings. The summed E-state index contributed by atoms with van der Waals surface area (Å²) in [6, 6.07) is 3.09. The number of aromatic nitrogens is 4. The molecule has 0 saturated heterocycles. The Bertz CT molecular complexity index is 430. The minimum absolute atomic E-state index is 0.307. The number of amides is 1. The maximum atomic E-state index is 11.5. The number of nitrogens with zero attached hydrogens (tertiary/aromatic N) is 4. The molecule has 72 valence electrons.